The predicted octanol–water partition coefficient (Wildman–Crippen LogP) is 4.77. The molecule has 0 radical (unpaired) electrons. The predicted molar refractivity (Wildman–Crippen MR) is 84.5 cm³/mol. The zero-order valence-electron chi connectivity index (χ0n) is 11.5. The Morgan fingerprint density at radius 2 is 2.16 bits per heavy atom. The molecule has 0 aromatic carbocycles. The van der Waals surface area contributed by atoms with Crippen LogP contribution < -0.4 is 5.32 Å². The van der Waals surface area contributed by atoms with Gasteiger partial charge in [-0.1, -0.05) is 26.2 Å². The van der Waals surface area contributed by atoms with Gasteiger partial charge in [0.2, 0.25) is 0 Å². The Bertz CT molecular complexity index is 542. The molecule has 102 valence electrons. The zero-order chi connectivity index (χ0) is 13.7. The molecule has 1 atom stereocenters. The summed E-state index contributed by atoms with van der Waals surface area (Å²) in [5.74, 6) is 0. The van der Waals surface area contributed by atoms with Crippen LogP contribution in [0.25, 0.3) is 11.0 Å². The van der Waals surface area contributed by atoms with Crippen molar-refractivity contribution in [3.05, 3.63) is 29.0 Å². The Morgan fingerprint density at radius 1 is 1.32 bits per heavy atom. The number of nitrogens with one attached hydrogen (secondary N) is 1. The van der Waals surface area contributed by atoms with Crippen molar-refractivity contribution in [1.29, 1.82) is 0 Å². The second kappa shape index (κ2) is 6.85. The number of fused-ring (bicyclic) bond motifs is 1. The fourth-order valence-electron chi connectivity index (χ4n) is 2.16. The van der Waals surface area contributed by atoms with Gasteiger partial charge in [-0.2, -0.15) is 0 Å². The lowest BCUT2D eigenvalue weighted by Gasteiger charge is -2.16. The van der Waals surface area contributed by atoms with Gasteiger partial charge in [-0.25, -0.2) is 0 Å². The fourth-order valence-corrected chi connectivity index (χ4v) is 2.48. The van der Waals surface area contributed by atoms with E-state index in [1.54, 1.807) is 0 Å². The largest absolute Gasteiger partial charge is 0.381 e. The summed E-state index contributed by atoms with van der Waals surface area (Å²) in [5, 5.41) is 3.55. The van der Waals surface area contributed by atoms with Gasteiger partial charge in [0.1, 0.15) is 5.52 Å². The lowest BCUT2D eigenvalue weighted by Crippen LogP contribution is -2.15. The summed E-state index contributed by atoms with van der Waals surface area (Å²) in [6.07, 6.45) is 8.67. The molecule has 0 aliphatic carbocycles. The monoisotopic (exact) mass is 321 g/mol. The Labute approximate surface area is 123 Å². The summed E-state index contributed by atoms with van der Waals surface area (Å²) in [6, 6.07) is 4.46. The Kier molecular flexibility index (Phi) is 5.14. The van der Waals surface area contributed by atoms with Gasteiger partial charge >= 0.3 is 0 Å². The minimum atomic E-state index is 0.461. The van der Waals surface area contributed by atoms with Crippen LogP contribution in [0.4, 0.5) is 5.69 Å². The van der Waals surface area contributed by atoms with Crippen LogP contribution in [0.1, 0.15) is 39.5 Å². The molecule has 1 N–H and O–H groups in total. The summed E-state index contributed by atoms with van der Waals surface area (Å²) in [4.78, 5) is 8.81. The van der Waals surface area contributed by atoms with E-state index in [2.05, 4.69) is 45.1 Å². The summed E-state index contributed by atoms with van der Waals surface area (Å²) in [5.41, 5.74) is 2.93. The van der Waals surface area contributed by atoms with Crippen molar-refractivity contribution >= 4 is 32.7 Å². The van der Waals surface area contributed by atoms with Gasteiger partial charge in [-0.05, 0) is 41.4 Å². The lowest BCUT2D eigenvalue weighted by molar-refractivity contribution is 0.615. The van der Waals surface area contributed by atoms with Gasteiger partial charge < -0.3 is 5.32 Å². The first-order valence-corrected chi connectivity index (χ1v) is 7.67. The lowest BCUT2D eigenvalue weighted by atomic mass is 10.1. The molecule has 0 fully saturated rings. The smallest absolute Gasteiger partial charge is 0.112 e. The second-order valence-electron chi connectivity index (χ2n) is 4.92. The second-order valence-corrected chi connectivity index (χ2v) is 5.84. The average molecular weight is 322 g/mol. The molecule has 0 aliphatic rings. The Balaban J connectivity index is 2.12. The maximum atomic E-state index is 4.46. The minimum Gasteiger partial charge on any atom is -0.381 e. The zero-order valence-corrected chi connectivity index (χ0v) is 13.1. The quantitative estimate of drug-likeness (QED) is 0.778. The van der Waals surface area contributed by atoms with E-state index < -0.39 is 0 Å². The molecule has 2 heterocycles. The highest BCUT2D eigenvalue weighted by molar-refractivity contribution is 9.10. The van der Waals surface area contributed by atoms with Crippen molar-refractivity contribution < 1.29 is 0 Å². The van der Waals surface area contributed by atoms with E-state index in [1.165, 1.54) is 25.7 Å². The van der Waals surface area contributed by atoms with Crippen molar-refractivity contribution in [2.75, 3.05) is 5.32 Å². The molecule has 0 saturated carbocycles. The van der Waals surface area contributed by atoms with Crippen LogP contribution in [0.5, 0.6) is 0 Å². The van der Waals surface area contributed by atoms with Crippen molar-refractivity contribution in [1.82, 2.24) is 9.97 Å². The molecule has 0 bridgehead atoms. The molecular formula is C15H20BrN3. The highest BCUT2D eigenvalue weighted by Gasteiger charge is 2.07. The van der Waals surface area contributed by atoms with Gasteiger partial charge in [0.15, 0.2) is 0 Å². The van der Waals surface area contributed by atoms with Gasteiger partial charge in [0.25, 0.3) is 0 Å². The number of pyridine rings is 2. The summed E-state index contributed by atoms with van der Waals surface area (Å²) in [6.45, 7) is 4.46. The minimum absolute atomic E-state index is 0.461. The summed E-state index contributed by atoms with van der Waals surface area (Å²) >= 11 is 3.43. The molecule has 2 rings (SSSR count). The SMILES string of the molecule is CCCCCC(C)Nc1ccnc2cc(Br)cnc12. The number of hydrogen-bond acceptors (Lipinski definition) is 3. The van der Waals surface area contributed by atoms with Crippen molar-refractivity contribution in [3.63, 3.8) is 0 Å². The Hall–Kier alpha value is -1.16. The number of nitrogens with zero attached hydrogens (tertiary/aromatic N) is 2. The topological polar surface area (TPSA) is 37.8 Å². The van der Waals surface area contributed by atoms with Crippen LogP contribution in [-0.4, -0.2) is 16.0 Å². The fraction of sp³-hybridized carbons (Fsp3) is 0.467. The van der Waals surface area contributed by atoms with E-state index >= 15 is 0 Å². The number of halogens is 1. The summed E-state index contributed by atoms with van der Waals surface area (Å²) in [7, 11) is 0. The molecule has 0 spiro atoms. The third kappa shape index (κ3) is 3.90. The van der Waals surface area contributed by atoms with E-state index in [4.69, 9.17) is 0 Å². The number of hydrogen-bond donors (Lipinski definition) is 1. The molecule has 2 aromatic rings. The highest BCUT2D eigenvalue weighted by atomic mass is 79.9. The van der Waals surface area contributed by atoms with Gasteiger partial charge in [0, 0.05) is 22.9 Å². The maximum absolute atomic E-state index is 4.46. The molecule has 19 heavy (non-hydrogen) atoms. The highest BCUT2D eigenvalue weighted by Crippen LogP contribution is 2.23. The average Bonchev–Trinajstić information content (AvgIpc) is 2.39. The van der Waals surface area contributed by atoms with Crippen LogP contribution in [0.15, 0.2) is 29.0 Å². The molecule has 0 amide bonds. The Morgan fingerprint density at radius 3 is 2.95 bits per heavy atom. The number of unbranched alkanes of at least 4 members (excludes halogenated alkanes) is 2. The van der Waals surface area contributed by atoms with Crippen LogP contribution in [-0.2, 0) is 0 Å². The molecule has 0 saturated heterocycles. The van der Waals surface area contributed by atoms with E-state index in [1.807, 2.05) is 24.5 Å². The normalized spacial score (nSPS) is 12.6. The molecule has 3 nitrogen and oxygen atoms in total. The van der Waals surface area contributed by atoms with Gasteiger partial charge in [0.05, 0.1) is 11.2 Å². The third-order valence-electron chi connectivity index (χ3n) is 3.19. The first kappa shape index (κ1) is 14.3. The maximum Gasteiger partial charge on any atom is 0.112 e. The van der Waals surface area contributed by atoms with Crippen molar-refractivity contribution in [3.8, 4) is 0 Å². The van der Waals surface area contributed by atoms with Crippen molar-refractivity contribution in [2.45, 2.75) is 45.6 Å². The molecule has 1 unspecified atom stereocenters. The number of aromatic nitrogens is 2. The van der Waals surface area contributed by atoms with Crippen molar-refractivity contribution in [2.24, 2.45) is 0 Å². The standard InChI is InChI=1S/C15H20BrN3/c1-3-4-5-6-11(2)19-13-7-8-17-14-9-12(16)10-18-15(13)14/h7-11H,3-6H2,1-2H3,(H,17,19). The van der Waals surface area contributed by atoms with E-state index in [0.29, 0.717) is 6.04 Å². The first-order valence-electron chi connectivity index (χ1n) is 6.87. The molecule has 4 heteroatoms. The number of anilines is 1. The van der Waals surface area contributed by atoms with E-state index in [0.717, 1.165) is 21.2 Å². The van der Waals surface area contributed by atoms with Crippen LogP contribution >= 0.6 is 15.9 Å². The number of rotatable bonds is 6. The van der Waals surface area contributed by atoms with Gasteiger partial charge in [-0.15, -0.1) is 0 Å². The van der Waals surface area contributed by atoms with E-state index in [9.17, 15) is 0 Å². The van der Waals surface area contributed by atoms with Crippen LogP contribution in [0.3, 0.4) is 0 Å². The van der Waals surface area contributed by atoms with Crippen LogP contribution in [0, 0.1) is 0 Å². The third-order valence-corrected chi connectivity index (χ3v) is 3.62. The first-order chi connectivity index (χ1) is 9.20. The molecule has 2 aromatic heterocycles. The van der Waals surface area contributed by atoms with Crippen LogP contribution in [0.2, 0.25) is 0 Å². The molecular weight excluding hydrogens is 302 g/mol. The molecule has 0 aliphatic heterocycles. The van der Waals surface area contributed by atoms with E-state index in [-0.39, 0.29) is 0 Å². The van der Waals surface area contributed by atoms with Gasteiger partial charge in [-0.3, -0.25) is 9.97 Å². The summed E-state index contributed by atoms with van der Waals surface area (Å²) < 4.78 is 0.959.